The summed E-state index contributed by atoms with van der Waals surface area (Å²) >= 11 is 0. The van der Waals surface area contributed by atoms with Crippen LogP contribution in [0.15, 0.2) is 23.3 Å². The van der Waals surface area contributed by atoms with E-state index in [1.54, 1.807) is 0 Å². The molecule has 1 nitrogen and oxygen atoms in total. The highest BCUT2D eigenvalue weighted by Crippen LogP contribution is 2.71. The zero-order valence-corrected chi connectivity index (χ0v) is 20.8. The lowest BCUT2D eigenvalue weighted by atomic mass is 9.46. The van der Waals surface area contributed by atoms with Gasteiger partial charge >= 0.3 is 0 Å². The first kappa shape index (κ1) is 22.6. The van der Waals surface area contributed by atoms with Crippen LogP contribution in [-0.4, -0.2) is 11.2 Å². The zero-order chi connectivity index (χ0) is 21.9. The van der Waals surface area contributed by atoms with E-state index in [2.05, 4.69) is 48.1 Å². The van der Waals surface area contributed by atoms with Crippen LogP contribution in [0.1, 0.15) is 112 Å². The minimum atomic E-state index is -0.0491. The third-order valence-electron chi connectivity index (χ3n) is 11.3. The second-order valence-electron chi connectivity index (χ2n) is 12.8. The molecule has 0 unspecified atom stereocenters. The Kier molecular flexibility index (Phi) is 5.87. The Labute approximate surface area is 186 Å². The molecular formula is C29H48O. The van der Waals surface area contributed by atoms with Crippen LogP contribution in [0.5, 0.6) is 0 Å². The van der Waals surface area contributed by atoms with Crippen molar-refractivity contribution in [2.75, 3.05) is 0 Å². The summed E-state index contributed by atoms with van der Waals surface area (Å²) in [6, 6.07) is 0. The molecule has 4 rings (SSSR count). The topological polar surface area (TPSA) is 20.2 Å². The molecule has 0 bridgehead atoms. The molecule has 1 heteroatoms. The highest BCUT2D eigenvalue weighted by Gasteiger charge is 2.61. The summed E-state index contributed by atoms with van der Waals surface area (Å²) in [6.45, 7) is 19.4. The number of hydrogen-bond donors (Lipinski definition) is 1. The van der Waals surface area contributed by atoms with E-state index in [1.807, 2.05) is 11.1 Å². The fourth-order valence-electron chi connectivity index (χ4n) is 8.68. The maximum atomic E-state index is 10.3. The maximum Gasteiger partial charge on any atom is 0.0543 e. The van der Waals surface area contributed by atoms with Crippen LogP contribution >= 0.6 is 0 Å². The molecule has 2 fully saturated rings. The average molecular weight is 413 g/mol. The van der Waals surface area contributed by atoms with Crippen molar-refractivity contribution in [1.82, 2.24) is 0 Å². The molecule has 4 aliphatic carbocycles. The Morgan fingerprint density at radius 2 is 1.73 bits per heavy atom. The van der Waals surface area contributed by atoms with Gasteiger partial charge in [0.15, 0.2) is 0 Å². The van der Waals surface area contributed by atoms with Gasteiger partial charge < -0.3 is 5.11 Å². The predicted molar refractivity (Wildman–Crippen MR) is 128 cm³/mol. The quantitative estimate of drug-likeness (QED) is 0.452. The highest BCUT2D eigenvalue weighted by molar-refractivity contribution is 5.38. The number of aliphatic hydroxyl groups excluding tert-OH is 1. The smallest absolute Gasteiger partial charge is 0.0543 e. The Hall–Kier alpha value is -0.560. The molecule has 4 aliphatic rings. The molecule has 0 radical (unpaired) electrons. The van der Waals surface area contributed by atoms with Gasteiger partial charge in [-0.1, -0.05) is 64.8 Å². The summed E-state index contributed by atoms with van der Waals surface area (Å²) in [5.74, 6) is 2.99. The van der Waals surface area contributed by atoms with E-state index in [4.69, 9.17) is 0 Å². The summed E-state index contributed by atoms with van der Waals surface area (Å²) < 4.78 is 0. The Morgan fingerprint density at radius 3 is 2.43 bits per heavy atom. The summed E-state index contributed by atoms with van der Waals surface area (Å²) in [7, 11) is 0. The monoisotopic (exact) mass is 412 g/mol. The molecule has 0 heterocycles. The van der Waals surface area contributed by atoms with Gasteiger partial charge in [-0.15, -0.1) is 0 Å². The Bertz CT molecular complexity index is 716. The van der Waals surface area contributed by atoms with E-state index in [0.717, 1.165) is 24.7 Å². The normalized spacial score (nSPS) is 44.5. The van der Waals surface area contributed by atoms with Gasteiger partial charge in [-0.25, -0.2) is 0 Å². The first-order valence-corrected chi connectivity index (χ1v) is 13.1. The largest absolute Gasteiger partial charge is 0.393 e. The van der Waals surface area contributed by atoms with Crippen molar-refractivity contribution in [2.24, 2.45) is 39.9 Å². The standard InChI is InChI=1S/C29H48O/c1-19(2)20(3)8-9-21(4)24-13-16-29(7)26-11-10-22-18-23(30)12-15-27(22,5)25(26)14-17-28(24,29)6/h19,21-24,30H,3,8-18H2,1-2,4-7H3/t21-,22+,23+,24-,27+,28-,29+/m1/s1. The van der Waals surface area contributed by atoms with E-state index in [1.165, 1.54) is 63.4 Å². The minimum Gasteiger partial charge on any atom is -0.393 e. The maximum absolute atomic E-state index is 10.3. The summed E-state index contributed by atoms with van der Waals surface area (Å²) in [6.07, 6.45) is 13.9. The average Bonchev–Trinajstić information content (AvgIpc) is 2.97. The lowest BCUT2D eigenvalue weighted by Gasteiger charge is -2.59. The third kappa shape index (κ3) is 3.28. The van der Waals surface area contributed by atoms with Gasteiger partial charge in [0.2, 0.25) is 0 Å². The third-order valence-corrected chi connectivity index (χ3v) is 11.3. The molecular weight excluding hydrogens is 364 g/mol. The van der Waals surface area contributed by atoms with Crippen molar-refractivity contribution < 1.29 is 5.11 Å². The van der Waals surface area contributed by atoms with Crippen LogP contribution in [-0.2, 0) is 0 Å². The number of aliphatic hydroxyl groups is 1. The number of hydrogen-bond acceptors (Lipinski definition) is 1. The molecule has 0 aromatic carbocycles. The van der Waals surface area contributed by atoms with Crippen LogP contribution in [0, 0.1) is 39.9 Å². The highest BCUT2D eigenvalue weighted by atomic mass is 16.3. The molecule has 0 aliphatic heterocycles. The van der Waals surface area contributed by atoms with E-state index in [-0.39, 0.29) is 6.10 Å². The Morgan fingerprint density at radius 1 is 1.00 bits per heavy atom. The number of fused-ring (bicyclic) bond motifs is 4. The number of rotatable bonds is 5. The zero-order valence-electron chi connectivity index (χ0n) is 20.8. The van der Waals surface area contributed by atoms with Crippen LogP contribution < -0.4 is 0 Å². The SMILES string of the molecule is C=C(CC[C@@H](C)[C@H]1CC[C@@]2(C)C3=C(CC[C@]12C)[C@@]1(C)CC[C@H](O)C[C@@H]1CC3)C(C)C. The molecule has 30 heavy (non-hydrogen) atoms. The van der Waals surface area contributed by atoms with Crippen LogP contribution in [0.2, 0.25) is 0 Å². The van der Waals surface area contributed by atoms with Gasteiger partial charge in [-0.3, -0.25) is 0 Å². The van der Waals surface area contributed by atoms with Gasteiger partial charge in [0.1, 0.15) is 0 Å². The number of allylic oxidation sites excluding steroid dienone is 3. The van der Waals surface area contributed by atoms with E-state index in [0.29, 0.717) is 28.1 Å². The molecule has 0 aromatic heterocycles. The lowest BCUT2D eigenvalue weighted by molar-refractivity contribution is -0.00485. The second kappa shape index (κ2) is 7.79. The first-order chi connectivity index (χ1) is 14.0. The van der Waals surface area contributed by atoms with Gasteiger partial charge in [0.05, 0.1) is 6.10 Å². The van der Waals surface area contributed by atoms with Crippen molar-refractivity contribution in [3.63, 3.8) is 0 Å². The van der Waals surface area contributed by atoms with E-state index < -0.39 is 0 Å². The fraction of sp³-hybridized carbons (Fsp3) is 0.862. The van der Waals surface area contributed by atoms with Crippen LogP contribution in [0.4, 0.5) is 0 Å². The first-order valence-electron chi connectivity index (χ1n) is 13.1. The lowest BCUT2D eigenvalue weighted by Crippen LogP contribution is -2.49. The molecule has 0 amide bonds. The van der Waals surface area contributed by atoms with E-state index >= 15 is 0 Å². The van der Waals surface area contributed by atoms with Gasteiger partial charge in [0, 0.05) is 0 Å². The minimum absolute atomic E-state index is 0.0491. The summed E-state index contributed by atoms with van der Waals surface area (Å²) in [4.78, 5) is 0. The molecule has 170 valence electrons. The van der Waals surface area contributed by atoms with Crippen LogP contribution in [0.3, 0.4) is 0 Å². The van der Waals surface area contributed by atoms with Crippen molar-refractivity contribution in [2.45, 2.75) is 118 Å². The molecule has 0 saturated heterocycles. The summed E-state index contributed by atoms with van der Waals surface area (Å²) in [5, 5.41) is 10.3. The molecule has 0 spiro atoms. The van der Waals surface area contributed by atoms with Gasteiger partial charge in [-0.2, -0.15) is 0 Å². The molecule has 7 atom stereocenters. The molecule has 1 N–H and O–H groups in total. The van der Waals surface area contributed by atoms with Gasteiger partial charge in [0.25, 0.3) is 0 Å². The van der Waals surface area contributed by atoms with Crippen LogP contribution in [0.25, 0.3) is 0 Å². The van der Waals surface area contributed by atoms with Crippen molar-refractivity contribution in [3.05, 3.63) is 23.3 Å². The molecule has 2 saturated carbocycles. The van der Waals surface area contributed by atoms with Gasteiger partial charge in [-0.05, 0) is 111 Å². The van der Waals surface area contributed by atoms with Crippen molar-refractivity contribution in [3.8, 4) is 0 Å². The van der Waals surface area contributed by atoms with Crippen molar-refractivity contribution >= 4 is 0 Å². The molecule has 0 aromatic rings. The summed E-state index contributed by atoms with van der Waals surface area (Å²) in [5.41, 5.74) is 6.41. The predicted octanol–water partition coefficient (Wildman–Crippen LogP) is 8.09. The van der Waals surface area contributed by atoms with E-state index in [9.17, 15) is 5.11 Å². The Balaban J connectivity index is 1.59. The van der Waals surface area contributed by atoms with Crippen molar-refractivity contribution in [1.29, 1.82) is 0 Å². The fourth-order valence-corrected chi connectivity index (χ4v) is 8.68. The second-order valence-corrected chi connectivity index (χ2v) is 12.8.